The number of hydrogen-bond acceptors (Lipinski definition) is 6. The fourth-order valence-electron chi connectivity index (χ4n) is 4.62. The van der Waals surface area contributed by atoms with Crippen molar-refractivity contribution in [2.24, 2.45) is 5.92 Å². The molecule has 0 saturated carbocycles. The van der Waals surface area contributed by atoms with Crippen LogP contribution in [-0.2, 0) is 0 Å². The van der Waals surface area contributed by atoms with Gasteiger partial charge in [-0.05, 0) is 67.6 Å². The molecule has 0 unspecified atom stereocenters. The molecule has 1 aliphatic rings. The number of nitrogens with zero attached hydrogens (tertiary/aromatic N) is 2. The number of hydrogen-bond donors (Lipinski definition) is 4. The number of ether oxygens (including phenoxy) is 2. The van der Waals surface area contributed by atoms with Crippen LogP contribution in [-0.4, -0.2) is 78.9 Å². The van der Waals surface area contributed by atoms with E-state index in [1.54, 1.807) is 68.4 Å². The number of methoxy groups -OCH3 is 1. The molecule has 1 aliphatic heterocycles. The summed E-state index contributed by atoms with van der Waals surface area (Å²) in [5.74, 6) is -0.270. The van der Waals surface area contributed by atoms with Gasteiger partial charge in [-0.15, -0.1) is 0 Å². The first kappa shape index (κ1) is 31.1. The van der Waals surface area contributed by atoms with E-state index in [9.17, 15) is 23.9 Å². The van der Waals surface area contributed by atoms with Crippen molar-refractivity contribution in [3.05, 3.63) is 78.1 Å². The molecule has 0 aliphatic carbocycles. The molecule has 11 nitrogen and oxygen atoms in total. The minimum absolute atomic E-state index is 0.121. The van der Waals surface area contributed by atoms with Crippen LogP contribution in [0.1, 0.15) is 24.2 Å². The van der Waals surface area contributed by atoms with E-state index in [-0.39, 0.29) is 48.5 Å². The Labute approximate surface area is 249 Å². The van der Waals surface area contributed by atoms with Gasteiger partial charge in [0.15, 0.2) is 5.75 Å². The molecule has 0 radical (unpaired) electrons. The lowest BCUT2D eigenvalue weighted by Gasteiger charge is -2.38. The summed E-state index contributed by atoms with van der Waals surface area (Å²) in [5.41, 5.74) is 1.42. The summed E-state index contributed by atoms with van der Waals surface area (Å²) in [6.07, 6.45) is -0.614. The van der Waals surface area contributed by atoms with Crippen molar-refractivity contribution in [3.8, 4) is 11.5 Å². The lowest BCUT2D eigenvalue weighted by atomic mass is 9.99. The van der Waals surface area contributed by atoms with Crippen LogP contribution in [0.4, 0.5) is 31.0 Å². The van der Waals surface area contributed by atoms with Crippen molar-refractivity contribution in [3.63, 3.8) is 0 Å². The van der Waals surface area contributed by atoms with E-state index in [4.69, 9.17) is 9.47 Å². The minimum Gasteiger partial charge on any atom is -0.497 e. The Morgan fingerprint density at radius 1 is 1.07 bits per heavy atom. The van der Waals surface area contributed by atoms with E-state index >= 15 is 0 Å². The zero-order valence-electron chi connectivity index (χ0n) is 24.5. The van der Waals surface area contributed by atoms with Crippen LogP contribution in [0.5, 0.6) is 11.5 Å². The second-order valence-corrected chi connectivity index (χ2v) is 10.4. The molecule has 0 bridgehead atoms. The third-order valence-corrected chi connectivity index (χ3v) is 7.18. The van der Waals surface area contributed by atoms with Gasteiger partial charge in [0.25, 0.3) is 5.91 Å². The number of nitrogens with one attached hydrogen (secondary N) is 3. The normalized spacial score (nSPS) is 17.0. The second kappa shape index (κ2) is 13.9. The van der Waals surface area contributed by atoms with Crippen LogP contribution < -0.4 is 25.4 Å². The summed E-state index contributed by atoms with van der Waals surface area (Å²) in [7, 11) is 3.15. The number of halogens is 1. The van der Waals surface area contributed by atoms with E-state index in [1.807, 2.05) is 6.92 Å². The second-order valence-electron chi connectivity index (χ2n) is 10.4. The molecule has 3 aromatic rings. The molecular formula is C31H36FN5O6. The van der Waals surface area contributed by atoms with Gasteiger partial charge in [0, 0.05) is 30.9 Å². The first-order valence-corrected chi connectivity index (χ1v) is 13.8. The number of para-hydroxylation sites is 1. The van der Waals surface area contributed by atoms with Gasteiger partial charge < -0.3 is 40.3 Å². The molecule has 5 amide bonds. The highest BCUT2D eigenvalue weighted by molar-refractivity contribution is 6.04. The number of aliphatic hydroxyl groups is 1. The average molecular weight is 594 g/mol. The summed E-state index contributed by atoms with van der Waals surface area (Å²) in [6, 6.07) is 15.6. The van der Waals surface area contributed by atoms with E-state index in [0.717, 1.165) is 0 Å². The highest BCUT2D eigenvalue weighted by atomic mass is 19.1. The van der Waals surface area contributed by atoms with Gasteiger partial charge in [-0.1, -0.05) is 13.0 Å². The molecule has 0 saturated heterocycles. The number of aliphatic hydroxyl groups excluding tert-OH is 1. The molecule has 0 fully saturated rings. The fourth-order valence-corrected chi connectivity index (χ4v) is 4.62. The van der Waals surface area contributed by atoms with Gasteiger partial charge in [-0.25, -0.2) is 14.0 Å². The van der Waals surface area contributed by atoms with Crippen molar-refractivity contribution in [2.75, 3.05) is 49.8 Å². The van der Waals surface area contributed by atoms with Crippen LogP contribution in [0, 0.1) is 11.7 Å². The molecule has 43 heavy (non-hydrogen) atoms. The monoisotopic (exact) mass is 593 g/mol. The molecule has 228 valence electrons. The highest BCUT2D eigenvalue weighted by Gasteiger charge is 2.35. The zero-order valence-corrected chi connectivity index (χ0v) is 24.5. The number of urea groups is 2. The predicted octanol–water partition coefficient (Wildman–Crippen LogP) is 4.86. The quantitative estimate of drug-likeness (QED) is 0.295. The smallest absolute Gasteiger partial charge is 0.323 e. The summed E-state index contributed by atoms with van der Waals surface area (Å²) < 4.78 is 24.9. The van der Waals surface area contributed by atoms with Crippen molar-refractivity contribution in [1.82, 2.24) is 9.80 Å². The van der Waals surface area contributed by atoms with Gasteiger partial charge in [0.05, 0.1) is 37.6 Å². The molecule has 1 heterocycles. The Hall–Kier alpha value is -4.84. The summed E-state index contributed by atoms with van der Waals surface area (Å²) in [4.78, 5) is 42.6. The Balaban J connectivity index is 1.60. The largest absolute Gasteiger partial charge is 0.497 e. The maximum Gasteiger partial charge on any atom is 0.323 e. The number of anilines is 3. The van der Waals surface area contributed by atoms with E-state index in [0.29, 0.717) is 17.1 Å². The SMILES string of the molecule is COc1ccc(NC(=O)Nc2cccc3c2O[C@H](CN(C)C(=O)Nc2ccc(F)cc2)[C@H](C)CN([C@H](C)CO)C3=O)cc1. The number of likely N-dealkylation sites (N-methyl/N-ethyl adjacent to an activating group) is 1. The van der Waals surface area contributed by atoms with Gasteiger partial charge >= 0.3 is 12.1 Å². The van der Waals surface area contributed by atoms with Crippen LogP contribution in [0.25, 0.3) is 0 Å². The van der Waals surface area contributed by atoms with Crippen LogP contribution in [0.15, 0.2) is 66.7 Å². The lowest BCUT2D eigenvalue weighted by molar-refractivity contribution is 0.0373. The summed E-state index contributed by atoms with van der Waals surface area (Å²) >= 11 is 0. The lowest BCUT2D eigenvalue weighted by Crippen LogP contribution is -2.50. The number of rotatable bonds is 8. The van der Waals surface area contributed by atoms with E-state index in [1.165, 1.54) is 29.2 Å². The van der Waals surface area contributed by atoms with Gasteiger partial charge in [0.1, 0.15) is 17.7 Å². The van der Waals surface area contributed by atoms with Gasteiger partial charge in [-0.2, -0.15) is 0 Å². The first-order chi connectivity index (χ1) is 20.6. The number of carbonyl (C=O) groups excluding carboxylic acids is 3. The van der Waals surface area contributed by atoms with Gasteiger partial charge in [-0.3, -0.25) is 4.79 Å². The van der Waals surface area contributed by atoms with Crippen molar-refractivity contribution in [2.45, 2.75) is 26.0 Å². The number of amides is 5. The molecule has 3 atom stereocenters. The number of benzene rings is 3. The van der Waals surface area contributed by atoms with Crippen molar-refractivity contribution >= 4 is 35.0 Å². The topological polar surface area (TPSA) is 132 Å². The standard InChI is InChI=1S/C31H36FN5O6/c1-19-16-37(20(2)18-38)29(39)25-6-5-7-26(35-30(40)33-22-12-14-24(42-4)15-13-22)28(25)43-27(19)17-36(3)31(41)34-23-10-8-21(32)9-11-23/h5-15,19-20,27,38H,16-18H2,1-4H3,(H,34,41)(H2,33,35,40)/t19-,20-,27-/m1/s1. The van der Waals surface area contributed by atoms with Crippen molar-refractivity contribution in [1.29, 1.82) is 0 Å². The molecule has 0 spiro atoms. The zero-order chi connectivity index (χ0) is 31.1. The molecule has 0 aromatic heterocycles. The van der Waals surface area contributed by atoms with Gasteiger partial charge in [0.2, 0.25) is 0 Å². The number of carbonyl (C=O) groups is 3. The fraction of sp³-hybridized carbons (Fsp3) is 0.323. The van der Waals surface area contributed by atoms with Crippen LogP contribution in [0.3, 0.4) is 0 Å². The predicted molar refractivity (Wildman–Crippen MR) is 161 cm³/mol. The Bertz CT molecular complexity index is 1440. The maximum atomic E-state index is 13.7. The Kier molecular flexibility index (Phi) is 10.0. The maximum absolute atomic E-state index is 13.7. The first-order valence-electron chi connectivity index (χ1n) is 13.8. The third-order valence-electron chi connectivity index (χ3n) is 7.18. The van der Waals surface area contributed by atoms with Crippen LogP contribution >= 0.6 is 0 Å². The summed E-state index contributed by atoms with van der Waals surface area (Å²) in [6.45, 7) is 3.76. The van der Waals surface area contributed by atoms with E-state index in [2.05, 4.69) is 16.0 Å². The van der Waals surface area contributed by atoms with Crippen LogP contribution in [0.2, 0.25) is 0 Å². The molecular weight excluding hydrogens is 557 g/mol. The third kappa shape index (κ3) is 7.72. The highest BCUT2D eigenvalue weighted by Crippen LogP contribution is 2.35. The number of fused-ring (bicyclic) bond motifs is 1. The molecule has 4 N–H and O–H groups in total. The molecule has 12 heteroatoms. The molecule has 4 rings (SSSR count). The summed E-state index contributed by atoms with van der Waals surface area (Å²) in [5, 5.41) is 18.1. The van der Waals surface area contributed by atoms with Crippen molar-refractivity contribution < 1.29 is 33.4 Å². The minimum atomic E-state index is -0.614. The Morgan fingerprint density at radius 2 is 1.72 bits per heavy atom. The van der Waals surface area contributed by atoms with E-state index < -0.39 is 30.0 Å². The Morgan fingerprint density at radius 3 is 2.37 bits per heavy atom. The average Bonchev–Trinajstić information content (AvgIpc) is 3.00. The molecule has 3 aromatic carbocycles.